The number of urea groups is 1. The van der Waals surface area contributed by atoms with Crippen LogP contribution in [0.5, 0.6) is 0 Å². The van der Waals surface area contributed by atoms with E-state index in [9.17, 15) is 9.59 Å². The maximum absolute atomic E-state index is 12.3. The Morgan fingerprint density at radius 2 is 2.05 bits per heavy atom. The van der Waals surface area contributed by atoms with Gasteiger partial charge < -0.3 is 15.3 Å². The van der Waals surface area contributed by atoms with Gasteiger partial charge in [-0.05, 0) is 49.3 Å². The molecule has 1 aliphatic rings. The van der Waals surface area contributed by atoms with Crippen molar-refractivity contribution in [3.8, 4) is 0 Å². The standard InChI is InChI=1S/C16H22N2O3/c1-3-14(15(19)20)18(2)16(21)17-13-10-6-8-11-7-4-5-9-12(11)13/h6,8,10,14H,3-5,7,9H2,1-2H3,(H,17,21)(H,19,20). The van der Waals surface area contributed by atoms with E-state index < -0.39 is 12.0 Å². The lowest BCUT2D eigenvalue weighted by Gasteiger charge is -2.26. The smallest absolute Gasteiger partial charge is 0.326 e. The first-order valence-corrected chi connectivity index (χ1v) is 7.42. The third-order valence-corrected chi connectivity index (χ3v) is 4.10. The zero-order valence-corrected chi connectivity index (χ0v) is 12.6. The minimum atomic E-state index is -0.981. The summed E-state index contributed by atoms with van der Waals surface area (Å²) in [7, 11) is 1.52. The van der Waals surface area contributed by atoms with Gasteiger partial charge in [0.1, 0.15) is 6.04 Å². The molecule has 5 nitrogen and oxygen atoms in total. The Bertz CT molecular complexity index is 542. The van der Waals surface area contributed by atoms with Gasteiger partial charge in [0.05, 0.1) is 0 Å². The van der Waals surface area contributed by atoms with Crippen LogP contribution < -0.4 is 5.32 Å². The molecule has 5 heteroatoms. The van der Waals surface area contributed by atoms with Crippen molar-refractivity contribution in [2.24, 2.45) is 0 Å². The van der Waals surface area contributed by atoms with E-state index in [1.54, 1.807) is 6.92 Å². The lowest BCUT2D eigenvalue weighted by Crippen LogP contribution is -2.44. The Labute approximate surface area is 125 Å². The minimum Gasteiger partial charge on any atom is -0.480 e. The van der Waals surface area contributed by atoms with Gasteiger partial charge in [0, 0.05) is 12.7 Å². The Kier molecular flexibility index (Phi) is 4.83. The number of fused-ring (bicyclic) bond motifs is 1. The normalized spacial score (nSPS) is 15.0. The highest BCUT2D eigenvalue weighted by Gasteiger charge is 2.25. The second-order valence-corrected chi connectivity index (χ2v) is 5.45. The van der Waals surface area contributed by atoms with Gasteiger partial charge in [-0.1, -0.05) is 19.1 Å². The van der Waals surface area contributed by atoms with Crippen LogP contribution in [-0.4, -0.2) is 35.1 Å². The Balaban J connectivity index is 2.14. The number of rotatable bonds is 4. The molecule has 1 aromatic carbocycles. The van der Waals surface area contributed by atoms with Crippen LogP contribution in [0.15, 0.2) is 18.2 Å². The molecule has 2 amide bonds. The van der Waals surface area contributed by atoms with E-state index in [1.807, 2.05) is 12.1 Å². The monoisotopic (exact) mass is 290 g/mol. The fourth-order valence-electron chi connectivity index (χ4n) is 2.86. The molecular formula is C16H22N2O3. The molecule has 0 radical (unpaired) electrons. The summed E-state index contributed by atoms with van der Waals surface area (Å²) >= 11 is 0. The van der Waals surface area contributed by atoms with E-state index in [2.05, 4.69) is 11.4 Å². The van der Waals surface area contributed by atoms with Crippen molar-refractivity contribution in [2.45, 2.75) is 45.1 Å². The number of carbonyl (C=O) groups is 2. The highest BCUT2D eigenvalue weighted by molar-refractivity contribution is 5.93. The molecule has 0 heterocycles. The summed E-state index contributed by atoms with van der Waals surface area (Å²) < 4.78 is 0. The van der Waals surface area contributed by atoms with Crippen molar-refractivity contribution in [2.75, 3.05) is 12.4 Å². The zero-order chi connectivity index (χ0) is 15.4. The average Bonchev–Trinajstić information content (AvgIpc) is 2.47. The van der Waals surface area contributed by atoms with Gasteiger partial charge in [-0.3, -0.25) is 0 Å². The summed E-state index contributed by atoms with van der Waals surface area (Å²) in [6.07, 6.45) is 4.70. The van der Waals surface area contributed by atoms with Crippen LogP contribution in [0.2, 0.25) is 0 Å². The van der Waals surface area contributed by atoms with Crippen molar-refractivity contribution in [1.29, 1.82) is 0 Å². The summed E-state index contributed by atoms with van der Waals surface area (Å²) in [5.74, 6) is -0.981. The van der Waals surface area contributed by atoms with Crippen molar-refractivity contribution >= 4 is 17.7 Å². The summed E-state index contributed by atoms with van der Waals surface area (Å²) in [4.78, 5) is 24.6. The quantitative estimate of drug-likeness (QED) is 0.895. The fourth-order valence-corrected chi connectivity index (χ4v) is 2.86. The van der Waals surface area contributed by atoms with Crippen LogP contribution in [0.4, 0.5) is 10.5 Å². The summed E-state index contributed by atoms with van der Waals surface area (Å²) in [5.41, 5.74) is 3.28. The number of nitrogens with zero attached hydrogens (tertiary/aromatic N) is 1. The third-order valence-electron chi connectivity index (χ3n) is 4.10. The van der Waals surface area contributed by atoms with E-state index in [-0.39, 0.29) is 6.03 Å². The maximum atomic E-state index is 12.3. The molecule has 1 aliphatic carbocycles. The molecule has 0 spiro atoms. The molecule has 1 atom stereocenters. The number of hydrogen-bond donors (Lipinski definition) is 2. The third kappa shape index (κ3) is 3.35. The lowest BCUT2D eigenvalue weighted by molar-refractivity contribution is -0.141. The molecule has 114 valence electrons. The van der Waals surface area contributed by atoms with Gasteiger partial charge in [0.25, 0.3) is 0 Å². The number of amides is 2. The van der Waals surface area contributed by atoms with Crippen molar-refractivity contribution in [3.05, 3.63) is 29.3 Å². The highest BCUT2D eigenvalue weighted by atomic mass is 16.4. The van der Waals surface area contributed by atoms with Crippen molar-refractivity contribution in [3.63, 3.8) is 0 Å². The number of aliphatic carboxylic acids is 1. The number of likely N-dealkylation sites (N-methyl/N-ethyl adjacent to an activating group) is 1. The predicted octanol–water partition coefficient (Wildman–Crippen LogP) is 2.89. The number of anilines is 1. The second-order valence-electron chi connectivity index (χ2n) is 5.45. The van der Waals surface area contributed by atoms with Crippen LogP contribution >= 0.6 is 0 Å². The molecule has 0 aliphatic heterocycles. The molecular weight excluding hydrogens is 268 g/mol. The van der Waals surface area contributed by atoms with Gasteiger partial charge in [0.2, 0.25) is 0 Å². The topological polar surface area (TPSA) is 69.6 Å². The largest absolute Gasteiger partial charge is 0.480 e. The Morgan fingerprint density at radius 3 is 2.71 bits per heavy atom. The van der Waals surface area contributed by atoms with E-state index in [0.717, 1.165) is 24.9 Å². The van der Waals surface area contributed by atoms with Crippen LogP contribution in [0.3, 0.4) is 0 Å². The first-order valence-electron chi connectivity index (χ1n) is 7.42. The summed E-state index contributed by atoms with van der Waals surface area (Å²) in [6.45, 7) is 1.76. The molecule has 0 bridgehead atoms. The molecule has 0 fully saturated rings. The van der Waals surface area contributed by atoms with Crippen LogP contribution in [0.25, 0.3) is 0 Å². The first kappa shape index (κ1) is 15.4. The maximum Gasteiger partial charge on any atom is 0.326 e. The number of benzene rings is 1. The van der Waals surface area contributed by atoms with E-state index >= 15 is 0 Å². The second kappa shape index (κ2) is 6.61. The summed E-state index contributed by atoms with van der Waals surface area (Å²) in [5, 5.41) is 12.0. The Morgan fingerprint density at radius 1 is 1.33 bits per heavy atom. The van der Waals surface area contributed by atoms with Gasteiger partial charge in [0.15, 0.2) is 0 Å². The first-order chi connectivity index (χ1) is 10.0. The molecule has 0 saturated carbocycles. The highest BCUT2D eigenvalue weighted by Crippen LogP contribution is 2.28. The molecule has 2 N–H and O–H groups in total. The Hall–Kier alpha value is -2.04. The number of carbonyl (C=O) groups excluding carboxylic acids is 1. The molecule has 0 aromatic heterocycles. The number of aryl methyl sites for hydroxylation is 1. The molecule has 1 unspecified atom stereocenters. The van der Waals surface area contributed by atoms with Gasteiger partial charge in [-0.25, -0.2) is 9.59 Å². The van der Waals surface area contributed by atoms with E-state index in [4.69, 9.17) is 5.11 Å². The zero-order valence-electron chi connectivity index (χ0n) is 12.6. The average molecular weight is 290 g/mol. The molecule has 0 saturated heterocycles. The van der Waals surface area contributed by atoms with Crippen LogP contribution in [0.1, 0.15) is 37.3 Å². The number of carboxylic acids is 1. The number of nitrogens with one attached hydrogen (secondary N) is 1. The van der Waals surface area contributed by atoms with Crippen LogP contribution in [0, 0.1) is 0 Å². The van der Waals surface area contributed by atoms with E-state index in [1.165, 1.54) is 29.5 Å². The van der Waals surface area contributed by atoms with Gasteiger partial charge in [-0.2, -0.15) is 0 Å². The van der Waals surface area contributed by atoms with Crippen molar-refractivity contribution < 1.29 is 14.7 Å². The molecule has 21 heavy (non-hydrogen) atoms. The minimum absolute atomic E-state index is 0.372. The van der Waals surface area contributed by atoms with Crippen molar-refractivity contribution in [1.82, 2.24) is 4.90 Å². The summed E-state index contributed by atoms with van der Waals surface area (Å²) in [6, 6.07) is 4.75. The molecule has 2 rings (SSSR count). The SMILES string of the molecule is CCC(C(=O)O)N(C)C(=O)Nc1cccc2c1CCCC2. The van der Waals surface area contributed by atoms with Gasteiger partial charge in [-0.15, -0.1) is 0 Å². The number of carboxylic acid groups (broad SMARTS) is 1. The lowest BCUT2D eigenvalue weighted by atomic mass is 9.90. The molecule has 1 aromatic rings. The number of hydrogen-bond acceptors (Lipinski definition) is 2. The predicted molar refractivity (Wildman–Crippen MR) is 81.6 cm³/mol. The van der Waals surface area contributed by atoms with Crippen LogP contribution in [-0.2, 0) is 17.6 Å². The van der Waals surface area contributed by atoms with Gasteiger partial charge >= 0.3 is 12.0 Å². The van der Waals surface area contributed by atoms with E-state index in [0.29, 0.717) is 6.42 Å². The fraction of sp³-hybridized carbons (Fsp3) is 0.500.